The molecule has 1 fully saturated rings. The van der Waals surface area contributed by atoms with Gasteiger partial charge >= 0.3 is 0 Å². The van der Waals surface area contributed by atoms with Gasteiger partial charge < -0.3 is 10.1 Å². The van der Waals surface area contributed by atoms with E-state index < -0.39 is 0 Å². The molecule has 112 valence electrons. The third-order valence-corrected chi connectivity index (χ3v) is 4.32. The quantitative estimate of drug-likeness (QED) is 0.773. The van der Waals surface area contributed by atoms with Crippen LogP contribution in [-0.2, 0) is 0 Å². The minimum Gasteiger partial charge on any atom is -0.491 e. The highest BCUT2D eigenvalue weighted by molar-refractivity contribution is 5.58. The summed E-state index contributed by atoms with van der Waals surface area (Å²) in [6, 6.07) is 7.11. The highest BCUT2D eigenvalue weighted by atomic mass is 16.5. The van der Waals surface area contributed by atoms with Gasteiger partial charge in [-0.15, -0.1) is 0 Å². The maximum Gasteiger partial charge on any atom is 0.142 e. The number of benzene rings is 1. The zero-order valence-corrected chi connectivity index (χ0v) is 13.2. The number of ether oxygens (including phenoxy) is 1. The van der Waals surface area contributed by atoms with Gasteiger partial charge in [-0.05, 0) is 49.8 Å². The lowest BCUT2D eigenvalue weighted by atomic mass is 9.84. The van der Waals surface area contributed by atoms with Crippen LogP contribution in [0.3, 0.4) is 0 Å². The fourth-order valence-corrected chi connectivity index (χ4v) is 3.09. The lowest BCUT2D eigenvalue weighted by Crippen LogP contribution is -2.27. The lowest BCUT2D eigenvalue weighted by molar-refractivity contribution is 0.313. The van der Waals surface area contributed by atoms with Crippen molar-refractivity contribution < 1.29 is 4.74 Å². The van der Waals surface area contributed by atoms with E-state index in [4.69, 9.17) is 4.74 Å². The first-order valence-corrected chi connectivity index (χ1v) is 8.22. The van der Waals surface area contributed by atoms with Crippen molar-refractivity contribution in [2.45, 2.75) is 65.3 Å². The maximum atomic E-state index is 5.90. The topological polar surface area (TPSA) is 21.3 Å². The molecule has 0 aliphatic heterocycles. The van der Waals surface area contributed by atoms with Crippen molar-refractivity contribution in [3.8, 4) is 5.75 Å². The first-order valence-electron chi connectivity index (χ1n) is 8.22. The average molecular weight is 275 g/mol. The van der Waals surface area contributed by atoms with Gasteiger partial charge in [-0.3, -0.25) is 0 Å². The molecular formula is C18H29NO. The van der Waals surface area contributed by atoms with Crippen molar-refractivity contribution in [1.82, 2.24) is 0 Å². The van der Waals surface area contributed by atoms with E-state index in [1.165, 1.54) is 43.4 Å². The summed E-state index contributed by atoms with van der Waals surface area (Å²) in [6.45, 7) is 7.38. The molecule has 0 amide bonds. The monoisotopic (exact) mass is 275 g/mol. The standard InChI is InChI=1S/C18H29NO/c1-4-11-20-18-12-14(3)9-10-17(18)19-16-8-6-7-15(5-2)13-16/h9-10,12,15-16,19H,4-8,11,13H2,1-3H3. The molecule has 20 heavy (non-hydrogen) atoms. The summed E-state index contributed by atoms with van der Waals surface area (Å²) in [4.78, 5) is 0. The first-order chi connectivity index (χ1) is 9.72. The van der Waals surface area contributed by atoms with Crippen molar-refractivity contribution in [1.29, 1.82) is 0 Å². The Labute approximate surface area is 123 Å². The van der Waals surface area contributed by atoms with Crippen LogP contribution in [0.25, 0.3) is 0 Å². The second-order valence-corrected chi connectivity index (χ2v) is 6.13. The Balaban J connectivity index is 2.03. The van der Waals surface area contributed by atoms with Crippen LogP contribution in [0.5, 0.6) is 5.75 Å². The second kappa shape index (κ2) is 7.56. The predicted molar refractivity (Wildman–Crippen MR) is 86.6 cm³/mol. The number of hydrogen-bond acceptors (Lipinski definition) is 2. The zero-order valence-electron chi connectivity index (χ0n) is 13.2. The molecular weight excluding hydrogens is 246 g/mol. The van der Waals surface area contributed by atoms with Crippen LogP contribution in [0.4, 0.5) is 5.69 Å². The summed E-state index contributed by atoms with van der Waals surface area (Å²) in [5, 5.41) is 3.72. The molecule has 1 saturated carbocycles. The third-order valence-electron chi connectivity index (χ3n) is 4.32. The largest absolute Gasteiger partial charge is 0.491 e. The molecule has 0 saturated heterocycles. The normalized spacial score (nSPS) is 22.6. The van der Waals surface area contributed by atoms with Crippen LogP contribution in [0.2, 0.25) is 0 Å². The maximum absolute atomic E-state index is 5.90. The van der Waals surface area contributed by atoms with E-state index in [0.717, 1.165) is 24.7 Å². The van der Waals surface area contributed by atoms with Crippen LogP contribution >= 0.6 is 0 Å². The highest BCUT2D eigenvalue weighted by Crippen LogP contribution is 2.32. The lowest BCUT2D eigenvalue weighted by Gasteiger charge is -2.30. The zero-order chi connectivity index (χ0) is 14.4. The minimum atomic E-state index is 0.611. The molecule has 1 aliphatic carbocycles. The number of aryl methyl sites for hydroxylation is 1. The SMILES string of the molecule is CCCOc1cc(C)ccc1NC1CCCC(CC)C1. The molecule has 1 aromatic carbocycles. The summed E-state index contributed by atoms with van der Waals surface area (Å²) in [6.07, 6.45) is 7.71. The Morgan fingerprint density at radius 1 is 1.25 bits per heavy atom. The second-order valence-electron chi connectivity index (χ2n) is 6.13. The number of rotatable bonds is 6. The van der Waals surface area contributed by atoms with Crippen LogP contribution < -0.4 is 10.1 Å². The molecule has 0 heterocycles. The van der Waals surface area contributed by atoms with E-state index in [1.54, 1.807) is 0 Å². The van der Waals surface area contributed by atoms with Crippen molar-refractivity contribution in [3.63, 3.8) is 0 Å². The predicted octanol–water partition coefficient (Wildman–Crippen LogP) is 5.16. The fraction of sp³-hybridized carbons (Fsp3) is 0.667. The number of anilines is 1. The summed E-state index contributed by atoms with van der Waals surface area (Å²) in [5.74, 6) is 1.91. The van der Waals surface area contributed by atoms with E-state index >= 15 is 0 Å². The molecule has 0 spiro atoms. The van der Waals surface area contributed by atoms with Crippen LogP contribution in [0.1, 0.15) is 57.9 Å². The van der Waals surface area contributed by atoms with Gasteiger partial charge in [-0.25, -0.2) is 0 Å². The average Bonchev–Trinajstić information content (AvgIpc) is 2.47. The summed E-state index contributed by atoms with van der Waals surface area (Å²) in [5.41, 5.74) is 2.43. The van der Waals surface area contributed by atoms with Crippen molar-refractivity contribution in [2.24, 2.45) is 5.92 Å². The molecule has 0 aromatic heterocycles. The Morgan fingerprint density at radius 3 is 2.85 bits per heavy atom. The Kier molecular flexibility index (Phi) is 5.75. The van der Waals surface area contributed by atoms with Crippen LogP contribution in [0.15, 0.2) is 18.2 Å². The molecule has 2 unspecified atom stereocenters. The van der Waals surface area contributed by atoms with Gasteiger partial charge in [-0.1, -0.05) is 39.2 Å². The van der Waals surface area contributed by atoms with E-state index in [1.807, 2.05) is 0 Å². The van der Waals surface area contributed by atoms with Crippen molar-refractivity contribution in [3.05, 3.63) is 23.8 Å². The van der Waals surface area contributed by atoms with Gasteiger partial charge in [-0.2, -0.15) is 0 Å². The molecule has 2 rings (SSSR count). The van der Waals surface area contributed by atoms with E-state index in [9.17, 15) is 0 Å². The number of hydrogen-bond donors (Lipinski definition) is 1. The van der Waals surface area contributed by atoms with E-state index in [2.05, 4.69) is 44.3 Å². The molecule has 1 aromatic rings. The van der Waals surface area contributed by atoms with Gasteiger partial charge in [0.1, 0.15) is 5.75 Å². The van der Waals surface area contributed by atoms with Gasteiger partial charge in [0.05, 0.1) is 12.3 Å². The molecule has 0 radical (unpaired) electrons. The third kappa shape index (κ3) is 4.16. The van der Waals surface area contributed by atoms with Gasteiger partial charge in [0.15, 0.2) is 0 Å². The molecule has 1 N–H and O–H groups in total. The molecule has 2 atom stereocenters. The van der Waals surface area contributed by atoms with Gasteiger partial charge in [0.2, 0.25) is 0 Å². The Morgan fingerprint density at radius 2 is 2.10 bits per heavy atom. The van der Waals surface area contributed by atoms with E-state index in [-0.39, 0.29) is 0 Å². The van der Waals surface area contributed by atoms with E-state index in [0.29, 0.717) is 6.04 Å². The first kappa shape index (κ1) is 15.2. The van der Waals surface area contributed by atoms with Crippen LogP contribution in [-0.4, -0.2) is 12.6 Å². The highest BCUT2D eigenvalue weighted by Gasteiger charge is 2.21. The molecule has 1 aliphatic rings. The summed E-state index contributed by atoms with van der Waals surface area (Å²) in [7, 11) is 0. The van der Waals surface area contributed by atoms with Crippen molar-refractivity contribution in [2.75, 3.05) is 11.9 Å². The van der Waals surface area contributed by atoms with Crippen molar-refractivity contribution >= 4 is 5.69 Å². The molecule has 2 nitrogen and oxygen atoms in total. The van der Waals surface area contributed by atoms with Gasteiger partial charge in [0, 0.05) is 6.04 Å². The fourth-order valence-electron chi connectivity index (χ4n) is 3.09. The smallest absolute Gasteiger partial charge is 0.142 e. The Bertz CT molecular complexity index is 416. The van der Waals surface area contributed by atoms with Crippen LogP contribution in [0, 0.1) is 12.8 Å². The summed E-state index contributed by atoms with van der Waals surface area (Å²) >= 11 is 0. The Hall–Kier alpha value is -1.18. The summed E-state index contributed by atoms with van der Waals surface area (Å²) < 4.78 is 5.90. The minimum absolute atomic E-state index is 0.611. The molecule has 0 bridgehead atoms. The number of nitrogens with one attached hydrogen (secondary N) is 1. The van der Waals surface area contributed by atoms with Gasteiger partial charge in [0.25, 0.3) is 0 Å². The molecule has 2 heteroatoms.